The standard InChI is InChI=1S/C26H23N3O3/c27-16-20-5-1-2-6-21(20)22-7-3-4-8-23(22)26(30)29-13-11-28(12-14-29)17-19-9-10-24-25(15-19)32-18-31-24/h1-10,15H,11-14,17-18H2. The maximum absolute atomic E-state index is 13.4. The molecule has 0 aliphatic carbocycles. The van der Waals surface area contributed by atoms with Crippen molar-refractivity contribution in [2.24, 2.45) is 0 Å². The molecule has 2 aliphatic rings. The van der Waals surface area contributed by atoms with Crippen LogP contribution in [0.2, 0.25) is 0 Å². The molecule has 0 aromatic heterocycles. The van der Waals surface area contributed by atoms with Crippen LogP contribution in [0.1, 0.15) is 21.5 Å². The molecule has 0 unspecified atom stereocenters. The van der Waals surface area contributed by atoms with E-state index in [-0.39, 0.29) is 12.7 Å². The van der Waals surface area contributed by atoms with Crippen LogP contribution in [0.15, 0.2) is 66.7 Å². The van der Waals surface area contributed by atoms with Gasteiger partial charge in [0, 0.05) is 43.9 Å². The van der Waals surface area contributed by atoms with Crippen molar-refractivity contribution >= 4 is 5.91 Å². The van der Waals surface area contributed by atoms with Gasteiger partial charge < -0.3 is 14.4 Å². The number of rotatable bonds is 4. The number of carbonyl (C=O) groups excluding carboxylic acids is 1. The summed E-state index contributed by atoms with van der Waals surface area (Å²) < 4.78 is 10.9. The third kappa shape index (κ3) is 3.91. The average Bonchev–Trinajstić information content (AvgIpc) is 3.32. The quantitative estimate of drug-likeness (QED) is 0.634. The van der Waals surface area contributed by atoms with Gasteiger partial charge in [-0.15, -0.1) is 0 Å². The fraction of sp³-hybridized carbons (Fsp3) is 0.231. The normalized spacial score (nSPS) is 15.4. The van der Waals surface area contributed by atoms with E-state index in [4.69, 9.17) is 9.47 Å². The molecule has 1 saturated heterocycles. The van der Waals surface area contributed by atoms with Gasteiger partial charge in [0.1, 0.15) is 0 Å². The summed E-state index contributed by atoms with van der Waals surface area (Å²) in [6, 6.07) is 23.2. The third-order valence-electron chi connectivity index (χ3n) is 6.00. The highest BCUT2D eigenvalue weighted by Crippen LogP contribution is 2.33. The molecular formula is C26H23N3O3. The van der Waals surface area contributed by atoms with E-state index in [1.807, 2.05) is 59.5 Å². The molecule has 0 N–H and O–H groups in total. The van der Waals surface area contributed by atoms with Gasteiger partial charge in [0.05, 0.1) is 11.6 Å². The summed E-state index contributed by atoms with van der Waals surface area (Å²) in [5, 5.41) is 9.49. The maximum Gasteiger partial charge on any atom is 0.254 e. The molecule has 160 valence electrons. The molecule has 0 spiro atoms. The van der Waals surface area contributed by atoms with Crippen LogP contribution >= 0.6 is 0 Å². The van der Waals surface area contributed by atoms with E-state index in [1.54, 1.807) is 6.07 Å². The molecule has 1 amide bonds. The van der Waals surface area contributed by atoms with Crippen molar-refractivity contribution in [3.8, 4) is 28.7 Å². The lowest BCUT2D eigenvalue weighted by Gasteiger charge is -2.35. The second-order valence-corrected chi connectivity index (χ2v) is 7.96. The molecule has 2 heterocycles. The smallest absolute Gasteiger partial charge is 0.254 e. The maximum atomic E-state index is 13.4. The molecule has 5 rings (SSSR count). The first kappa shape index (κ1) is 20.1. The van der Waals surface area contributed by atoms with E-state index in [9.17, 15) is 10.1 Å². The summed E-state index contributed by atoms with van der Waals surface area (Å²) >= 11 is 0. The van der Waals surface area contributed by atoms with Crippen molar-refractivity contribution in [1.29, 1.82) is 5.26 Å². The monoisotopic (exact) mass is 425 g/mol. The fourth-order valence-corrected chi connectivity index (χ4v) is 4.30. The zero-order chi connectivity index (χ0) is 21.9. The molecule has 3 aromatic rings. The SMILES string of the molecule is N#Cc1ccccc1-c1ccccc1C(=O)N1CCN(Cc2ccc3c(c2)OCO3)CC1. The largest absolute Gasteiger partial charge is 0.454 e. The van der Waals surface area contributed by atoms with Gasteiger partial charge >= 0.3 is 0 Å². The van der Waals surface area contributed by atoms with E-state index < -0.39 is 0 Å². The van der Waals surface area contributed by atoms with Gasteiger partial charge in [-0.1, -0.05) is 42.5 Å². The Labute approximate surface area is 187 Å². The average molecular weight is 425 g/mol. The first-order valence-electron chi connectivity index (χ1n) is 10.7. The Morgan fingerprint density at radius 1 is 0.875 bits per heavy atom. The van der Waals surface area contributed by atoms with Gasteiger partial charge in [-0.25, -0.2) is 0 Å². The predicted octanol–water partition coefficient (Wildman–Crippen LogP) is 3.91. The van der Waals surface area contributed by atoms with Crippen LogP contribution in [0.4, 0.5) is 0 Å². The summed E-state index contributed by atoms with van der Waals surface area (Å²) in [6.45, 7) is 4.02. The Morgan fingerprint density at radius 3 is 2.41 bits per heavy atom. The van der Waals surface area contributed by atoms with E-state index in [2.05, 4.69) is 17.0 Å². The predicted molar refractivity (Wildman–Crippen MR) is 120 cm³/mol. The summed E-state index contributed by atoms with van der Waals surface area (Å²) in [5.41, 5.74) is 3.98. The van der Waals surface area contributed by atoms with Gasteiger partial charge in [-0.05, 0) is 35.4 Å². The van der Waals surface area contributed by atoms with Crippen molar-refractivity contribution in [1.82, 2.24) is 9.80 Å². The zero-order valence-electron chi connectivity index (χ0n) is 17.7. The molecule has 0 radical (unpaired) electrons. The third-order valence-corrected chi connectivity index (χ3v) is 6.00. The van der Waals surface area contributed by atoms with Gasteiger partial charge in [0.25, 0.3) is 5.91 Å². The number of hydrogen-bond donors (Lipinski definition) is 0. The van der Waals surface area contributed by atoms with E-state index in [0.29, 0.717) is 24.2 Å². The summed E-state index contributed by atoms with van der Waals surface area (Å²) in [4.78, 5) is 17.6. The topological polar surface area (TPSA) is 65.8 Å². The lowest BCUT2D eigenvalue weighted by atomic mass is 9.95. The Balaban J connectivity index is 1.28. The summed E-state index contributed by atoms with van der Waals surface area (Å²) in [5.74, 6) is 1.60. The lowest BCUT2D eigenvalue weighted by molar-refractivity contribution is 0.0629. The molecule has 0 bridgehead atoms. The van der Waals surface area contributed by atoms with Crippen LogP contribution in [0, 0.1) is 11.3 Å². The number of benzene rings is 3. The van der Waals surface area contributed by atoms with E-state index in [1.165, 1.54) is 5.56 Å². The van der Waals surface area contributed by atoms with Crippen molar-refractivity contribution in [3.05, 3.63) is 83.4 Å². The number of amides is 1. The van der Waals surface area contributed by atoms with Crippen molar-refractivity contribution < 1.29 is 14.3 Å². The minimum absolute atomic E-state index is 0.0103. The Kier molecular flexibility index (Phi) is 5.49. The Morgan fingerprint density at radius 2 is 1.59 bits per heavy atom. The first-order valence-corrected chi connectivity index (χ1v) is 10.7. The minimum Gasteiger partial charge on any atom is -0.454 e. The molecule has 6 heteroatoms. The molecular weight excluding hydrogens is 402 g/mol. The second-order valence-electron chi connectivity index (χ2n) is 7.96. The number of carbonyl (C=O) groups is 1. The van der Waals surface area contributed by atoms with Crippen LogP contribution in [-0.4, -0.2) is 48.7 Å². The van der Waals surface area contributed by atoms with Gasteiger partial charge in [0.15, 0.2) is 11.5 Å². The molecule has 0 saturated carbocycles. The number of ether oxygens (including phenoxy) is 2. The molecule has 3 aromatic carbocycles. The minimum atomic E-state index is 0.0103. The summed E-state index contributed by atoms with van der Waals surface area (Å²) in [6.07, 6.45) is 0. The Bertz CT molecular complexity index is 1190. The summed E-state index contributed by atoms with van der Waals surface area (Å²) in [7, 11) is 0. The van der Waals surface area contributed by atoms with Crippen molar-refractivity contribution in [3.63, 3.8) is 0 Å². The highest BCUT2D eigenvalue weighted by molar-refractivity contribution is 6.01. The van der Waals surface area contributed by atoms with Crippen LogP contribution < -0.4 is 9.47 Å². The van der Waals surface area contributed by atoms with Crippen molar-refractivity contribution in [2.75, 3.05) is 33.0 Å². The number of fused-ring (bicyclic) bond motifs is 1. The number of piperazine rings is 1. The second kappa shape index (κ2) is 8.74. The van der Waals surface area contributed by atoms with E-state index >= 15 is 0 Å². The molecule has 2 aliphatic heterocycles. The number of hydrogen-bond acceptors (Lipinski definition) is 5. The van der Waals surface area contributed by atoms with Crippen LogP contribution in [0.25, 0.3) is 11.1 Å². The lowest BCUT2D eigenvalue weighted by Crippen LogP contribution is -2.48. The number of nitrogens with zero attached hydrogens (tertiary/aromatic N) is 3. The van der Waals surface area contributed by atoms with Crippen LogP contribution in [0.5, 0.6) is 11.5 Å². The van der Waals surface area contributed by atoms with E-state index in [0.717, 1.165) is 42.3 Å². The highest BCUT2D eigenvalue weighted by Gasteiger charge is 2.25. The van der Waals surface area contributed by atoms with Gasteiger partial charge in [-0.2, -0.15) is 5.26 Å². The van der Waals surface area contributed by atoms with Crippen molar-refractivity contribution in [2.45, 2.75) is 6.54 Å². The number of nitriles is 1. The Hall–Kier alpha value is -3.82. The van der Waals surface area contributed by atoms with Gasteiger partial charge in [0.2, 0.25) is 6.79 Å². The van der Waals surface area contributed by atoms with Crippen LogP contribution in [-0.2, 0) is 6.54 Å². The first-order chi connectivity index (χ1) is 15.7. The highest BCUT2D eigenvalue weighted by atomic mass is 16.7. The molecule has 1 fully saturated rings. The van der Waals surface area contributed by atoms with Gasteiger partial charge in [-0.3, -0.25) is 9.69 Å². The fourth-order valence-electron chi connectivity index (χ4n) is 4.30. The molecule has 0 atom stereocenters. The zero-order valence-corrected chi connectivity index (χ0v) is 17.7. The molecule has 6 nitrogen and oxygen atoms in total. The molecule has 32 heavy (non-hydrogen) atoms. The van der Waals surface area contributed by atoms with Crippen LogP contribution in [0.3, 0.4) is 0 Å².